The van der Waals surface area contributed by atoms with Crippen LogP contribution >= 0.6 is 0 Å². The van der Waals surface area contributed by atoms with E-state index in [0.29, 0.717) is 6.61 Å². The van der Waals surface area contributed by atoms with E-state index in [2.05, 4.69) is 13.8 Å². The maximum Gasteiger partial charge on any atom is 0.0471 e. The molecule has 16 heavy (non-hydrogen) atoms. The van der Waals surface area contributed by atoms with Gasteiger partial charge in [-0.3, -0.25) is 4.21 Å². The molecule has 0 amide bonds. The average Bonchev–Trinajstić information content (AvgIpc) is 2.25. The van der Waals surface area contributed by atoms with Crippen LogP contribution in [0.2, 0.25) is 0 Å². The van der Waals surface area contributed by atoms with E-state index in [0.717, 1.165) is 43.7 Å². The number of methoxy groups -OCH3 is 1. The molecule has 0 fully saturated rings. The predicted octanol–water partition coefficient (Wildman–Crippen LogP) is 1.93. The second-order valence-corrected chi connectivity index (χ2v) is 6.72. The largest absolute Gasteiger partial charge is 0.385 e. The average molecular weight is 249 g/mol. The summed E-state index contributed by atoms with van der Waals surface area (Å²) >= 11 is 0. The third-order valence-corrected chi connectivity index (χ3v) is 4.24. The van der Waals surface area contributed by atoms with Gasteiger partial charge < -0.3 is 10.5 Å². The minimum Gasteiger partial charge on any atom is -0.385 e. The molecule has 0 bridgehead atoms. The first-order valence-electron chi connectivity index (χ1n) is 6.06. The number of rotatable bonds is 10. The van der Waals surface area contributed by atoms with Crippen molar-refractivity contribution in [2.24, 2.45) is 11.1 Å². The van der Waals surface area contributed by atoms with Crippen LogP contribution in [-0.2, 0) is 15.5 Å². The van der Waals surface area contributed by atoms with Gasteiger partial charge in [0, 0.05) is 36.0 Å². The van der Waals surface area contributed by atoms with Gasteiger partial charge in [-0.15, -0.1) is 0 Å². The first kappa shape index (κ1) is 16.1. The summed E-state index contributed by atoms with van der Waals surface area (Å²) in [4.78, 5) is 0. The Labute approximate surface area is 103 Å². The Kier molecular flexibility index (Phi) is 9.18. The molecule has 0 saturated carbocycles. The second kappa shape index (κ2) is 9.14. The van der Waals surface area contributed by atoms with E-state index in [1.807, 2.05) is 0 Å². The predicted molar refractivity (Wildman–Crippen MR) is 71.1 cm³/mol. The fourth-order valence-corrected chi connectivity index (χ4v) is 2.61. The van der Waals surface area contributed by atoms with Crippen LogP contribution in [0.3, 0.4) is 0 Å². The summed E-state index contributed by atoms with van der Waals surface area (Å²) in [6, 6.07) is 0. The molecule has 0 aromatic heterocycles. The molecule has 0 spiro atoms. The van der Waals surface area contributed by atoms with E-state index in [4.69, 9.17) is 10.5 Å². The molecule has 0 aliphatic carbocycles. The summed E-state index contributed by atoms with van der Waals surface area (Å²) in [5.41, 5.74) is 5.89. The van der Waals surface area contributed by atoms with Crippen molar-refractivity contribution in [1.29, 1.82) is 0 Å². The van der Waals surface area contributed by atoms with Crippen molar-refractivity contribution in [3.8, 4) is 0 Å². The van der Waals surface area contributed by atoms with Crippen LogP contribution in [0.25, 0.3) is 0 Å². The molecule has 0 aliphatic rings. The van der Waals surface area contributed by atoms with E-state index in [1.54, 1.807) is 7.11 Å². The third kappa shape index (κ3) is 9.31. The van der Waals surface area contributed by atoms with Crippen LogP contribution < -0.4 is 5.73 Å². The van der Waals surface area contributed by atoms with E-state index in [1.165, 1.54) is 0 Å². The Morgan fingerprint density at radius 2 is 1.81 bits per heavy atom. The Bertz CT molecular complexity index is 195. The lowest BCUT2D eigenvalue weighted by Crippen LogP contribution is -2.23. The highest BCUT2D eigenvalue weighted by molar-refractivity contribution is 7.84. The van der Waals surface area contributed by atoms with Gasteiger partial charge in [0.1, 0.15) is 0 Å². The molecule has 0 radical (unpaired) electrons. The molecule has 2 N–H and O–H groups in total. The molecule has 0 heterocycles. The fourth-order valence-electron chi connectivity index (χ4n) is 1.43. The van der Waals surface area contributed by atoms with Gasteiger partial charge >= 0.3 is 0 Å². The molecule has 98 valence electrons. The lowest BCUT2D eigenvalue weighted by atomic mass is 9.88. The minimum absolute atomic E-state index is 0.234. The fraction of sp³-hybridized carbons (Fsp3) is 1.00. The van der Waals surface area contributed by atoms with Gasteiger partial charge in [0.25, 0.3) is 0 Å². The molecule has 0 saturated heterocycles. The number of unbranched alkanes of at least 4 members (excludes halogenated alkanes) is 1. The number of hydrogen-bond donors (Lipinski definition) is 1. The standard InChI is InChI=1S/C12H27NO2S/c1-12(2,11-13)7-4-5-9-16(14)10-6-8-15-3/h4-11,13H2,1-3H3. The lowest BCUT2D eigenvalue weighted by Gasteiger charge is -2.21. The Balaban J connectivity index is 3.41. The molecule has 0 aromatic rings. The van der Waals surface area contributed by atoms with Gasteiger partial charge in [-0.1, -0.05) is 20.3 Å². The SMILES string of the molecule is COCCCS(=O)CCCCC(C)(C)CN. The quantitative estimate of drug-likeness (QED) is 0.602. The summed E-state index contributed by atoms with van der Waals surface area (Å²) in [5, 5.41) is 0. The molecule has 3 nitrogen and oxygen atoms in total. The lowest BCUT2D eigenvalue weighted by molar-refractivity contribution is 0.200. The van der Waals surface area contributed by atoms with Crippen molar-refractivity contribution < 1.29 is 8.95 Å². The minimum atomic E-state index is -0.663. The van der Waals surface area contributed by atoms with Crippen molar-refractivity contribution in [2.45, 2.75) is 39.5 Å². The molecular weight excluding hydrogens is 222 g/mol. The Hall–Kier alpha value is 0.0700. The van der Waals surface area contributed by atoms with Crippen molar-refractivity contribution in [2.75, 3.05) is 31.8 Å². The molecule has 4 heteroatoms. The van der Waals surface area contributed by atoms with Crippen LogP contribution in [0.15, 0.2) is 0 Å². The van der Waals surface area contributed by atoms with E-state index >= 15 is 0 Å². The smallest absolute Gasteiger partial charge is 0.0471 e. The number of hydrogen-bond acceptors (Lipinski definition) is 3. The monoisotopic (exact) mass is 249 g/mol. The van der Waals surface area contributed by atoms with Crippen LogP contribution in [0.4, 0.5) is 0 Å². The van der Waals surface area contributed by atoms with Crippen molar-refractivity contribution in [1.82, 2.24) is 0 Å². The summed E-state index contributed by atoms with van der Waals surface area (Å²) in [6.45, 7) is 5.81. The first-order chi connectivity index (χ1) is 7.52. The van der Waals surface area contributed by atoms with E-state index < -0.39 is 10.8 Å². The zero-order valence-corrected chi connectivity index (χ0v) is 11.8. The summed E-state index contributed by atoms with van der Waals surface area (Å²) in [5.74, 6) is 1.60. The van der Waals surface area contributed by atoms with Gasteiger partial charge in [-0.05, 0) is 31.2 Å². The molecule has 1 unspecified atom stereocenters. The summed E-state index contributed by atoms with van der Waals surface area (Å²) < 4.78 is 16.5. The number of nitrogens with two attached hydrogens (primary N) is 1. The van der Waals surface area contributed by atoms with E-state index in [9.17, 15) is 4.21 Å². The third-order valence-electron chi connectivity index (χ3n) is 2.75. The van der Waals surface area contributed by atoms with Gasteiger partial charge in [0.2, 0.25) is 0 Å². The molecular formula is C12H27NO2S. The van der Waals surface area contributed by atoms with Crippen LogP contribution in [0.1, 0.15) is 39.5 Å². The highest BCUT2D eigenvalue weighted by Crippen LogP contribution is 2.21. The number of ether oxygens (including phenoxy) is 1. The normalized spacial score (nSPS) is 14.0. The first-order valence-corrected chi connectivity index (χ1v) is 7.54. The van der Waals surface area contributed by atoms with Crippen molar-refractivity contribution >= 4 is 10.8 Å². The zero-order chi connectivity index (χ0) is 12.4. The Morgan fingerprint density at radius 3 is 2.38 bits per heavy atom. The maximum atomic E-state index is 11.5. The molecule has 0 rings (SSSR count). The topological polar surface area (TPSA) is 52.3 Å². The summed E-state index contributed by atoms with van der Waals surface area (Å²) in [6.07, 6.45) is 4.19. The van der Waals surface area contributed by atoms with Crippen LogP contribution in [0.5, 0.6) is 0 Å². The second-order valence-electron chi connectivity index (χ2n) is 5.02. The van der Waals surface area contributed by atoms with Gasteiger partial charge in [-0.2, -0.15) is 0 Å². The maximum absolute atomic E-state index is 11.5. The molecule has 0 aliphatic heterocycles. The van der Waals surface area contributed by atoms with Gasteiger partial charge in [-0.25, -0.2) is 0 Å². The zero-order valence-electron chi connectivity index (χ0n) is 11.0. The van der Waals surface area contributed by atoms with E-state index in [-0.39, 0.29) is 5.41 Å². The van der Waals surface area contributed by atoms with Gasteiger partial charge in [0.05, 0.1) is 0 Å². The van der Waals surface area contributed by atoms with Crippen LogP contribution in [0, 0.1) is 5.41 Å². The highest BCUT2D eigenvalue weighted by atomic mass is 32.2. The van der Waals surface area contributed by atoms with Gasteiger partial charge in [0.15, 0.2) is 0 Å². The van der Waals surface area contributed by atoms with Crippen molar-refractivity contribution in [3.63, 3.8) is 0 Å². The van der Waals surface area contributed by atoms with Crippen LogP contribution in [-0.4, -0.2) is 36.0 Å². The Morgan fingerprint density at radius 1 is 1.19 bits per heavy atom. The molecule has 0 aromatic carbocycles. The summed E-state index contributed by atoms with van der Waals surface area (Å²) in [7, 11) is 1.02. The molecule has 1 atom stereocenters. The van der Waals surface area contributed by atoms with Crippen molar-refractivity contribution in [3.05, 3.63) is 0 Å². The highest BCUT2D eigenvalue weighted by Gasteiger charge is 2.14.